The van der Waals surface area contributed by atoms with Gasteiger partial charge < -0.3 is 15.0 Å². The van der Waals surface area contributed by atoms with E-state index < -0.39 is 5.54 Å². The summed E-state index contributed by atoms with van der Waals surface area (Å²) >= 11 is 0. The van der Waals surface area contributed by atoms with Crippen molar-refractivity contribution in [3.05, 3.63) is 78.1 Å². The Kier molecular flexibility index (Phi) is 6.51. The van der Waals surface area contributed by atoms with Gasteiger partial charge in [0.15, 0.2) is 0 Å². The number of pyridine rings is 1. The summed E-state index contributed by atoms with van der Waals surface area (Å²) in [5.41, 5.74) is 0.734. The lowest BCUT2D eigenvalue weighted by molar-refractivity contribution is -0.137. The molecule has 3 aromatic rings. The Bertz CT molecular complexity index is 1100. The predicted octanol–water partition coefficient (Wildman–Crippen LogP) is 3.46. The molecule has 1 N–H and O–H groups in total. The van der Waals surface area contributed by atoms with E-state index in [0.717, 1.165) is 17.2 Å². The van der Waals surface area contributed by atoms with Crippen molar-refractivity contribution in [2.75, 3.05) is 26.3 Å². The minimum Gasteiger partial charge on any atom is -0.379 e. The number of nitrogens with zero attached hydrogens (tertiary/aromatic N) is 2. The van der Waals surface area contributed by atoms with Gasteiger partial charge >= 0.3 is 0 Å². The van der Waals surface area contributed by atoms with Crippen LogP contribution in [0, 0.1) is 5.92 Å². The quantitative estimate of drug-likeness (QED) is 0.672. The highest BCUT2D eigenvalue weighted by Gasteiger charge is 2.35. The monoisotopic (exact) mass is 431 g/mol. The number of carbonyl (C=O) groups is 2. The summed E-state index contributed by atoms with van der Waals surface area (Å²) in [5, 5.41) is 5.17. The molecule has 0 saturated carbocycles. The van der Waals surface area contributed by atoms with Crippen LogP contribution in [0.4, 0.5) is 0 Å². The standard InChI is InChI=1S/C26H29N3O3/c1-26(2,28-24(30)21-6-4-3-5-7-21)25(31)29-12-13-32-18-20(17-29)14-19-8-9-23-16-27-11-10-22(23)15-19/h3-11,15-16,20H,12-14,17-18H2,1-2H3,(H,28,30)/t20-/m1/s1. The molecule has 4 rings (SSSR count). The summed E-state index contributed by atoms with van der Waals surface area (Å²) in [5.74, 6) is -0.166. The van der Waals surface area contributed by atoms with Crippen LogP contribution in [-0.4, -0.2) is 53.5 Å². The molecular formula is C26H29N3O3. The molecule has 1 aliphatic heterocycles. The second-order valence-corrected chi connectivity index (χ2v) is 8.90. The molecule has 0 aliphatic carbocycles. The van der Waals surface area contributed by atoms with Gasteiger partial charge in [0, 0.05) is 42.4 Å². The fourth-order valence-electron chi connectivity index (χ4n) is 4.18. The normalized spacial score (nSPS) is 17.1. The smallest absolute Gasteiger partial charge is 0.252 e. The van der Waals surface area contributed by atoms with E-state index in [0.29, 0.717) is 31.9 Å². The highest BCUT2D eigenvalue weighted by molar-refractivity contribution is 5.98. The zero-order valence-corrected chi connectivity index (χ0v) is 18.6. The Labute approximate surface area is 188 Å². The number of fused-ring (bicyclic) bond motifs is 1. The van der Waals surface area contributed by atoms with Gasteiger partial charge in [-0.3, -0.25) is 14.6 Å². The van der Waals surface area contributed by atoms with Crippen LogP contribution in [0.15, 0.2) is 67.0 Å². The lowest BCUT2D eigenvalue weighted by atomic mass is 9.96. The number of hydrogen-bond acceptors (Lipinski definition) is 4. The number of amides is 2. The Balaban J connectivity index is 1.44. The van der Waals surface area contributed by atoms with Gasteiger partial charge in [0.25, 0.3) is 5.91 Å². The van der Waals surface area contributed by atoms with Crippen molar-refractivity contribution in [2.24, 2.45) is 5.92 Å². The fraction of sp³-hybridized carbons (Fsp3) is 0.346. The molecule has 1 saturated heterocycles. The van der Waals surface area contributed by atoms with Crippen LogP contribution in [0.1, 0.15) is 29.8 Å². The molecule has 6 nitrogen and oxygen atoms in total. The van der Waals surface area contributed by atoms with Crippen LogP contribution in [0.5, 0.6) is 0 Å². The van der Waals surface area contributed by atoms with Crippen LogP contribution in [0.2, 0.25) is 0 Å². The molecule has 1 atom stereocenters. The second-order valence-electron chi connectivity index (χ2n) is 8.90. The van der Waals surface area contributed by atoms with Gasteiger partial charge in [0.1, 0.15) is 5.54 Å². The largest absolute Gasteiger partial charge is 0.379 e. The number of aromatic nitrogens is 1. The summed E-state index contributed by atoms with van der Waals surface area (Å²) in [6.07, 6.45) is 4.48. The third-order valence-corrected chi connectivity index (χ3v) is 5.85. The predicted molar refractivity (Wildman–Crippen MR) is 124 cm³/mol. The summed E-state index contributed by atoms with van der Waals surface area (Å²) < 4.78 is 5.82. The summed E-state index contributed by atoms with van der Waals surface area (Å²) in [6, 6.07) is 17.3. The van der Waals surface area contributed by atoms with Crippen molar-refractivity contribution < 1.29 is 14.3 Å². The van der Waals surface area contributed by atoms with Gasteiger partial charge in [0.2, 0.25) is 5.91 Å². The topological polar surface area (TPSA) is 71.5 Å². The third kappa shape index (κ3) is 5.14. The molecule has 2 aromatic carbocycles. The maximum Gasteiger partial charge on any atom is 0.252 e. The number of carbonyl (C=O) groups excluding carboxylic acids is 2. The number of benzene rings is 2. The molecule has 1 aliphatic rings. The van der Waals surface area contributed by atoms with Gasteiger partial charge in [-0.1, -0.05) is 36.4 Å². The van der Waals surface area contributed by atoms with Crippen molar-refractivity contribution in [1.29, 1.82) is 0 Å². The van der Waals surface area contributed by atoms with E-state index in [1.807, 2.05) is 35.4 Å². The lowest BCUT2D eigenvalue weighted by Gasteiger charge is -2.33. The molecule has 1 aromatic heterocycles. The average Bonchev–Trinajstić information content (AvgIpc) is 3.04. The van der Waals surface area contributed by atoms with Crippen molar-refractivity contribution in [3.63, 3.8) is 0 Å². The number of hydrogen-bond donors (Lipinski definition) is 1. The zero-order chi connectivity index (χ0) is 22.6. The molecule has 32 heavy (non-hydrogen) atoms. The Hall–Kier alpha value is -3.25. The SMILES string of the molecule is CC(C)(NC(=O)c1ccccc1)C(=O)N1CCOC[C@H](Cc2ccc3cnccc3c2)C1. The molecule has 2 heterocycles. The second kappa shape index (κ2) is 9.49. The first-order valence-electron chi connectivity index (χ1n) is 11.0. The van der Waals surface area contributed by atoms with Crippen molar-refractivity contribution in [3.8, 4) is 0 Å². The number of nitrogens with one attached hydrogen (secondary N) is 1. The van der Waals surface area contributed by atoms with Gasteiger partial charge in [-0.25, -0.2) is 0 Å². The van der Waals surface area contributed by atoms with Gasteiger partial charge in [-0.2, -0.15) is 0 Å². The highest BCUT2D eigenvalue weighted by atomic mass is 16.5. The van der Waals surface area contributed by atoms with Crippen molar-refractivity contribution >= 4 is 22.6 Å². The molecule has 0 spiro atoms. The van der Waals surface area contributed by atoms with E-state index in [9.17, 15) is 9.59 Å². The summed E-state index contributed by atoms with van der Waals surface area (Å²) in [6.45, 7) is 5.73. The van der Waals surface area contributed by atoms with E-state index in [-0.39, 0.29) is 17.7 Å². The summed E-state index contributed by atoms with van der Waals surface area (Å²) in [4.78, 5) is 32.0. The van der Waals surface area contributed by atoms with Crippen molar-refractivity contribution in [2.45, 2.75) is 25.8 Å². The molecular weight excluding hydrogens is 402 g/mol. The van der Waals surface area contributed by atoms with E-state index in [4.69, 9.17) is 4.74 Å². The Morgan fingerprint density at radius 1 is 1.12 bits per heavy atom. The van der Waals surface area contributed by atoms with Crippen LogP contribution in [-0.2, 0) is 16.0 Å². The zero-order valence-electron chi connectivity index (χ0n) is 18.6. The molecule has 0 unspecified atom stereocenters. The van der Waals surface area contributed by atoms with Crippen LogP contribution in [0.3, 0.4) is 0 Å². The van der Waals surface area contributed by atoms with Crippen LogP contribution < -0.4 is 5.32 Å². The minimum atomic E-state index is -1.02. The number of rotatable bonds is 5. The lowest BCUT2D eigenvalue weighted by Crippen LogP contribution is -2.56. The van der Waals surface area contributed by atoms with Gasteiger partial charge in [0.05, 0.1) is 13.2 Å². The Morgan fingerprint density at radius 2 is 1.94 bits per heavy atom. The third-order valence-electron chi connectivity index (χ3n) is 5.85. The average molecular weight is 432 g/mol. The highest BCUT2D eigenvalue weighted by Crippen LogP contribution is 2.20. The van der Waals surface area contributed by atoms with Gasteiger partial charge in [-0.15, -0.1) is 0 Å². The van der Waals surface area contributed by atoms with Crippen LogP contribution >= 0.6 is 0 Å². The molecule has 166 valence electrons. The number of ether oxygens (including phenoxy) is 1. The van der Waals surface area contributed by atoms with E-state index in [1.54, 1.807) is 32.2 Å². The maximum absolute atomic E-state index is 13.4. The molecule has 0 bridgehead atoms. The first-order valence-corrected chi connectivity index (χ1v) is 11.0. The first kappa shape index (κ1) is 22.0. The maximum atomic E-state index is 13.4. The fourth-order valence-corrected chi connectivity index (χ4v) is 4.18. The van der Waals surface area contributed by atoms with Crippen molar-refractivity contribution in [1.82, 2.24) is 15.2 Å². The molecule has 0 radical (unpaired) electrons. The molecule has 6 heteroatoms. The first-order chi connectivity index (χ1) is 15.4. The van der Waals surface area contributed by atoms with Crippen LogP contribution in [0.25, 0.3) is 10.8 Å². The van der Waals surface area contributed by atoms with E-state index >= 15 is 0 Å². The van der Waals surface area contributed by atoms with E-state index in [1.165, 1.54) is 5.56 Å². The summed E-state index contributed by atoms with van der Waals surface area (Å²) in [7, 11) is 0. The Morgan fingerprint density at radius 3 is 2.75 bits per heavy atom. The van der Waals surface area contributed by atoms with Gasteiger partial charge in [-0.05, 0) is 49.4 Å². The minimum absolute atomic E-state index is 0.0955. The molecule has 2 amide bonds. The molecule has 1 fully saturated rings. The van der Waals surface area contributed by atoms with E-state index in [2.05, 4.69) is 28.5 Å².